The van der Waals surface area contributed by atoms with Gasteiger partial charge in [-0.2, -0.15) is 0 Å². The Balaban J connectivity index is 1.67. The zero-order chi connectivity index (χ0) is 22.1. The van der Waals surface area contributed by atoms with Gasteiger partial charge in [0.25, 0.3) is 0 Å². The minimum atomic E-state index is -0.547. The van der Waals surface area contributed by atoms with Gasteiger partial charge in [-0.05, 0) is 88.4 Å². The lowest BCUT2D eigenvalue weighted by atomic mass is 9.60. The zero-order valence-electron chi connectivity index (χ0n) is 20.0. The van der Waals surface area contributed by atoms with E-state index in [0.29, 0.717) is 30.1 Å². The summed E-state index contributed by atoms with van der Waals surface area (Å²) < 4.78 is 0. The average molecular weight is 419 g/mol. The van der Waals surface area contributed by atoms with Gasteiger partial charge in [0.15, 0.2) is 0 Å². The summed E-state index contributed by atoms with van der Waals surface area (Å²) in [7, 11) is 0. The van der Waals surface area contributed by atoms with E-state index in [-0.39, 0.29) is 5.92 Å². The topological polar surface area (TPSA) is 60.7 Å². The van der Waals surface area contributed by atoms with Gasteiger partial charge in [0.2, 0.25) is 0 Å². The van der Waals surface area contributed by atoms with E-state index in [1.54, 1.807) is 5.57 Å². The summed E-state index contributed by atoms with van der Waals surface area (Å²) in [6.07, 6.45) is 14.8. The Hall–Kier alpha value is -0.640. The fourth-order valence-electron chi connectivity index (χ4n) is 6.88. The van der Waals surface area contributed by atoms with Crippen LogP contribution in [-0.2, 0) is 0 Å². The normalized spacial score (nSPS) is 39.8. The second-order valence-corrected chi connectivity index (χ2v) is 11.7. The molecule has 0 aromatic carbocycles. The summed E-state index contributed by atoms with van der Waals surface area (Å²) in [4.78, 5) is 0. The molecule has 0 aromatic heterocycles. The molecule has 6 atom stereocenters. The number of allylic oxidation sites excluding steroid dienone is 3. The third-order valence-electron chi connectivity index (χ3n) is 8.86. The minimum Gasteiger partial charge on any atom is -0.392 e. The highest BCUT2D eigenvalue weighted by Gasteiger charge is 2.50. The van der Waals surface area contributed by atoms with Crippen LogP contribution in [0.4, 0.5) is 0 Å². The van der Waals surface area contributed by atoms with Crippen LogP contribution >= 0.6 is 0 Å². The Morgan fingerprint density at radius 3 is 2.43 bits per heavy atom. The molecule has 30 heavy (non-hydrogen) atoms. The average Bonchev–Trinajstić information content (AvgIpc) is 3.00. The summed E-state index contributed by atoms with van der Waals surface area (Å²) in [6.45, 7) is 10.8. The molecule has 3 rings (SSSR count). The first-order valence-corrected chi connectivity index (χ1v) is 12.5. The quantitative estimate of drug-likeness (QED) is 0.512. The summed E-state index contributed by atoms with van der Waals surface area (Å²) >= 11 is 0. The Morgan fingerprint density at radius 2 is 1.80 bits per heavy atom. The van der Waals surface area contributed by atoms with Gasteiger partial charge < -0.3 is 15.3 Å². The van der Waals surface area contributed by atoms with E-state index >= 15 is 0 Å². The molecule has 3 nitrogen and oxygen atoms in total. The third-order valence-corrected chi connectivity index (χ3v) is 8.86. The van der Waals surface area contributed by atoms with E-state index in [2.05, 4.69) is 26.0 Å². The Bertz CT molecular complexity index is 629. The van der Waals surface area contributed by atoms with E-state index in [4.69, 9.17) is 0 Å². The number of hydrogen-bond donors (Lipinski definition) is 3. The number of fused-ring (bicyclic) bond motifs is 1. The highest BCUT2D eigenvalue weighted by molar-refractivity contribution is 5.26. The maximum atomic E-state index is 10.2. The number of aliphatic hydroxyl groups excluding tert-OH is 2. The molecule has 0 bridgehead atoms. The number of hydrogen-bond acceptors (Lipinski definition) is 3. The van der Waals surface area contributed by atoms with Gasteiger partial charge in [-0.25, -0.2) is 0 Å². The van der Waals surface area contributed by atoms with Crippen molar-refractivity contribution < 1.29 is 15.3 Å². The monoisotopic (exact) mass is 418 g/mol. The highest BCUT2D eigenvalue weighted by atomic mass is 16.3. The summed E-state index contributed by atoms with van der Waals surface area (Å²) in [5, 5.41) is 30.5. The van der Waals surface area contributed by atoms with Crippen LogP contribution in [0.25, 0.3) is 0 Å². The predicted octanol–water partition coefficient (Wildman–Crippen LogP) is 5.78. The summed E-state index contributed by atoms with van der Waals surface area (Å²) in [5.41, 5.74) is 2.65. The molecular formula is C27H46O3. The van der Waals surface area contributed by atoms with Crippen molar-refractivity contribution in [3.05, 3.63) is 23.3 Å². The Morgan fingerprint density at radius 1 is 1.13 bits per heavy atom. The molecule has 0 spiro atoms. The molecule has 2 unspecified atom stereocenters. The fraction of sp³-hybridized carbons (Fsp3) is 0.852. The molecule has 0 radical (unpaired) electrons. The van der Waals surface area contributed by atoms with Gasteiger partial charge in [-0.1, -0.05) is 56.9 Å². The van der Waals surface area contributed by atoms with Crippen LogP contribution in [0, 0.1) is 29.1 Å². The van der Waals surface area contributed by atoms with E-state index in [9.17, 15) is 15.3 Å². The van der Waals surface area contributed by atoms with Crippen molar-refractivity contribution in [3.63, 3.8) is 0 Å². The Labute approximate surface area is 184 Å². The van der Waals surface area contributed by atoms with Crippen LogP contribution in [-0.4, -0.2) is 33.1 Å². The standard InChI is InChI=1S/C27H46O3/c1-18(8-6-14-26(3,4)30)22-12-13-23-21(9-7-15-27(22,23)5)11-10-20-16-24(28)19(2)25(29)17-20/h10-11,18-19,22-25,28-30H,6-9,12-17H2,1-5H3/t18-,19?,22?,23?,24-,25-,27-/m1/s1. The van der Waals surface area contributed by atoms with Crippen LogP contribution in [0.3, 0.4) is 0 Å². The van der Waals surface area contributed by atoms with E-state index in [0.717, 1.165) is 18.8 Å². The molecule has 3 aliphatic rings. The summed E-state index contributed by atoms with van der Waals surface area (Å²) in [5.74, 6) is 2.15. The molecular weight excluding hydrogens is 372 g/mol. The first kappa shape index (κ1) is 24.0. The molecule has 0 aromatic rings. The van der Waals surface area contributed by atoms with E-state index < -0.39 is 17.8 Å². The minimum absolute atomic E-state index is 0.0266. The van der Waals surface area contributed by atoms with E-state index in [1.165, 1.54) is 44.1 Å². The molecule has 0 heterocycles. The van der Waals surface area contributed by atoms with Gasteiger partial charge >= 0.3 is 0 Å². The van der Waals surface area contributed by atoms with Crippen LogP contribution in [0.1, 0.15) is 98.8 Å². The van der Waals surface area contributed by atoms with Gasteiger partial charge in [0, 0.05) is 5.92 Å². The zero-order valence-corrected chi connectivity index (χ0v) is 20.0. The second-order valence-electron chi connectivity index (χ2n) is 11.7. The number of rotatable bonds is 6. The molecule has 3 heteroatoms. The van der Waals surface area contributed by atoms with Crippen LogP contribution in [0.2, 0.25) is 0 Å². The second kappa shape index (κ2) is 9.46. The largest absolute Gasteiger partial charge is 0.392 e. The first-order chi connectivity index (χ1) is 14.0. The van der Waals surface area contributed by atoms with Crippen molar-refractivity contribution in [2.75, 3.05) is 0 Å². The van der Waals surface area contributed by atoms with Gasteiger partial charge in [0.05, 0.1) is 17.8 Å². The lowest BCUT2D eigenvalue weighted by Gasteiger charge is -2.44. The van der Waals surface area contributed by atoms with Gasteiger partial charge in [-0.15, -0.1) is 0 Å². The SMILES string of the molecule is CC1[C@H](O)CC(=CC=C2CCC[C@@]3(C)C2CCC3[C@H](C)CCCC(C)(C)O)C[C@H]1O. The molecule has 0 amide bonds. The summed E-state index contributed by atoms with van der Waals surface area (Å²) in [6, 6.07) is 0. The maximum Gasteiger partial charge on any atom is 0.0627 e. The van der Waals surface area contributed by atoms with Gasteiger partial charge in [-0.3, -0.25) is 0 Å². The van der Waals surface area contributed by atoms with Crippen molar-refractivity contribution in [2.24, 2.45) is 29.1 Å². The molecule has 3 N–H and O–H groups in total. The third kappa shape index (κ3) is 5.40. The number of aliphatic hydroxyl groups is 3. The van der Waals surface area contributed by atoms with Crippen molar-refractivity contribution in [2.45, 2.75) is 117 Å². The molecule has 3 saturated carbocycles. The lowest BCUT2D eigenvalue weighted by molar-refractivity contribution is 0.00406. The fourth-order valence-corrected chi connectivity index (χ4v) is 6.88. The van der Waals surface area contributed by atoms with Crippen LogP contribution < -0.4 is 0 Å². The van der Waals surface area contributed by atoms with Crippen molar-refractivity contribution in [1.82, 2.24) is 0 Å². The van der Waals surface area contributed by atoms with Crippen LogP contribution in [0.15, 0.2) is 23.3 Å². The molecule has 0 saturated heterocycles. The Kier molecular flexibility index (Phi) is 7.58. The van der Waals surface area contributed by atoms with Crippen molar-refractivity contribution in [3.8, 4) is 0 Å². The molecule has 172 valence electrons. The molecule has 0 aliphatic heterocycles. The lowest BCUT2D eigenvalue weighted by Crippen LogP contribution is -2.36. The smallest absolute Gasteiger partial charge is 0.0627 e. The van der Waals surface area contributed by atoms with Crippen molar-refractivity contribution >= 4 is 0 Å². The molecule has 3 aliphatic carbocycles. The van der Waals surface area contributed by atoms with Crippen LogP contribution in [0.5, 0.6) is 0 Å². The first-order valence-electron chi connectivity index (χ1n) is 12.5. The predicted molar refractivity (Wildman–Crippen MR) is 124 cm³/mol. The van der Waals surface area contributed by atoms with Crippen molar-refractivity contribution in [1.29, 1.82) is 0 Å². The van der Waals surface area contributed by atoms with E-state index in [1.807, 2.05) is 20.8 Å². The molecule has 3 fully saturated rings. The highest BCUT2D eigenvalue weighted by Crippen LogP contribution is 2.60. The maximum absolute atomic E-state index is 10.2. The van der Waals surface area contributed by atoms with Gasteiger partial charge in [0.1, 0.15) is 0 Å².